The van der Waals surface area contributed by atoms with Crippen molar-refractivity contribution in [2.75, 3.05) is 6.61 Å². The molecule has 2 N–H and O–H groups in total. The van der Waals surface area contributed by atoms with E-state index < -0.39 is 0 Å². The number of hydrogen-bond donors (Lipinski definition) is 2. The molecule has 1 fully saturated rings. The molecule has 2 aromatic rings. The number of ether oxygens (including phenoxy) is 1. The molecule has 4 nitrogen and oxygen atoms in total. The first-order chi connectivity index (χ1) is 11.2. The largest absolute Gasteiger partial charge is 0.376 e. The SMILES string of the molecule is O=C(NCc1cccs1)NC(c1ccc(F)cc1)C1CCCO1. The first-order valence-electron chi connectivity index (χ1n) is 7.66. The van der Waals surface area contributed by atoms with E-state index in [2.05, 4.69) is 10.6 Å². The average Bonchev–Trinajstić information content (AvgIpc) is 3.25. The van der Waals surface area contributed by atoms with Crippen LogP contribution < -0.4 is 10.6 Å². The summed E-state index contributed by atoms with van der Waals surface area (Å²) in [4.78, 5) is 13.3. The van der Waals surface area contributed by atoms with Crippen LogP contribution in [-0.2, 0) is 11.3 Å². The summed E-state index contributed by atoms with van der Waals surface area (Å²) in [6.07, 6.45) is 1.78. The lowest BCUT2D eigenvalue weighted by atomic mass is 9.99. The van der Waals surface area contributed by atoms with Crippen molar-refractivity contribution >= 4 is 17.4 Å². The van der Waals surface area contributed by atoms with E-state index in [0.29, 0.717) is 13.2 Å². The predicted octanol–water partition coefficient (Wildman–Crippen LogP) is 3.61. The minimum atomic E-state index is -0.290. The Kier molecular flexibility index (Phi) is 5.25. The van der Waals surface area contributed by atoms with Gasteiger partial charge in [0.25, 0.3) is 0 Å². The van der Waals surface area contributed by atoms with E-state index in [-0.39, 0.29) is 24.0 Å². The van der Waals surface area contributed by atoms with Crippen LogP contribution in [0.3, 0.4) is 0 Å². The van der Waals surface area contributed by atoms with Crippen LogP contribution in [0.5, 0.6) is 0 Å². The van der Waals surface area contributed by atoms with Gasteiger partial charge in [-0.05, 0) is 42.0 Å². The van der Waals surface area contributed by atoms with Crippen LogP contribution in [0, 0.1) is 5.82 Å². The third-order valence-corrected chi connectivity index (χ3v) is 4.73. The number of nitrogens with one attached hydrogen (secondary N) is 2. The Bertz CT molecular complexity index is 625. The average molecular weight is 334 g/mol. The molecule has 3 rings (SSSR count). The number of thiophene rings is 1. The number of carbonyl (C=O) groups is 1. The number of rotatable bonds is 5. The Labute approximate surface area is 138 Å². The number of carbonyl (C=O) groups excluding carboxylic acids is 1. The fraction of sp³-hybridized carbons (Fsp3) is 0.353. The molecule has 1 saturated heterocycles. The molecule has 2 amide bonds. The Morgan fingerprint density at radius 3 is 2.83 bits per heavy atom. The van der Waals surface area contributed by atoms with Gasteiger partial charge in [-0.25, -0.2) is 9.18 Å². The van der Waals surface area contributed by atoms with Gasteiger partial charge in [0.05, 0.1) is 18.7 Å². The van der Waals surface area contributed by atoms with Gasteiger partial charge in [0.2, 0.25) is 0 Å². The van der Waals surface area contributed by atoms with E-state index in [9.17, 15) is 9.18 Å². The van der Waals surface area contributed by atoms with Gasteiger partial charge in [0, 0.05) is 11.5 Å². The highest BCUT2D eigenvalue weighted by Gasteiger charge is 2.28. The smallest absolute Gasteiger partial charge is 0.315 e. The van der Waals surface area contributed by atoms with Crippen LogP contribution in [0.15, 0.2) is 41.8 Å². The summed E-state index contributed by atoms with van der Waals surface area (Å²) in [5.74, 6) is -0.290. The second-order valence-corrected chi connectivity index (χ2v) is 6.52. The molecule has 2 heterocycles. The first kappa shape index (κ1) is 16.0. The van der Waals surface area contributed by atoms with Crippen molar-refractivity contribution < 1.29 is 13.9 Å². The molecule has 0 spiro atoms. The zero-order valence-corrected chi connectivity index (χ0v) is 13.4. The van der Waals surface area contributed by atoms with Gasteiger partial charge < -0.3 is 15.4 Å². The number of benzene rings is 1. The Hall–Kier alpha value is -1.92. The molecule has 122 valence electrons. The van der Waals surface area contributed by atoms with Crippen molar-refractivity contribution in [2.24, 2.45) is 0 Å². The van der Waals surface area contributed by atoms with Crippen LogP contribution in [0.1, 0.15) is 29.3 Å². The Morgan fingerprint density at radius 2 is 2.17 bits per heavy atom. The number of amides is 2. The highest BCUT2D eigenvalue weighted by molar-refractivity contribution is 7.09. The fourth-order valence-corrected chi connectivity index (χ4v) is 3.34. The molecule has 0 bridgehead atoms. The summed E-state index contributed by atoms with van der Waals surface area (Å²) in [5, 5.41) is 7.79. The minimum Gasteiger partial charge on any atom is -0.376 e. The maximum atomic E-state index is 13.1. The van der Waals surface area contributed by atoms with Crippen LogP contribution in [0.2, 0.25) is 0 Å². The van der Waals surface area contributed by atoms with Crippen molar-refractivity contribution in [3.05, 3.63) is 58.0 Å². The predicted molar refractivity (Wildman–Crippen MR) is 87.8 cm³/mol. The number of hydrogen-bond acceptors (Lipinski definition) is 3. The topological polar surface area (TPSA) is 50.4 Å². The zero-order valence-electron chi connectivity index (χ0n) is 12.6. The highest BCUT2D eigenvalue weighted by Crippen LogP contribution is 2.27. The lowest BCUT2D eigenvalue weighted by Crippen LogP contribution is -2.41. The summed E-state index contributed by atoms with van der Waals surface area (Å²) in [6.45, 7) is 1.19. The maximum absolute atomic E-state index is 13.1. The molecular formula is C17H19FN2O2S. The molecule has 2 atom stereocenters. The van der Waals surface area contributed by atoms with Crippen LogP contribution in [0.4, 0.5) is 9.18 Å². The van der Waals surface area contributed by atoms with Gasteiger partial charge in [-0.15, -0.1) is 11.3 Å². The van der Waals surface area contributed by atoms with Crippen molar-refractivity contribution in [3.63, 3.8) is 0 Å². The van der Waals surface area contributed by atoms with Gasteiger partial charge in [0.15, 0.2) is 0 Å². The molecule has 2 unspecified atom stereocenters. The van der Waals surface area contributed by atoms with E-state index in [1.807, 2.05) is 17.5 Å². The third kappa shape index (κ3) is 4.30. The summed E-state index contributed by atoms with van der Waals surface area (Å²) < 4.78 is 18.9. The van der Waals surface area contributed by atoms with Gasteiger partial charge in [-0.1, -0.05) is 18.2 Å². The molecule has 0 aliphatic carbocycles. The van der Waals surface area contributed by atoms with Crippen LogP contribution in [0.25, 0.3) is 0 Å². The monoisotopic (exact) mass is 334 g/mol. The molecule has 1 aromatic heterocycles. The summed E-state index contributed by atoms with van der Waals surface area (Å²) in [7, 11) is 0. The van der Waals surface area contributed by atoms with Crippen molar-refractivity contribution in [2.45, 2.75) is 31.5 Å². The van der Waals surface area contributed by atoms with E-state index in [1.165, 1.54) is 12.1 Å². The fourth-order valence-electron chi connectivity index (χ4n) is 2.70. The quantitative estimate of drug-likeness (QED) is 0.878. The van der Waals surface area contributed by atoms with Gasteiger partial charge >= 0.3 is 6.03 Å². The molecule has 23 heavy (non-hydrogen) atoms. The molecule has 6 heteroatoms. The van der Waals surface area contributed by atoms with Gasteiger partial charge in [-0.2, -0.15) is 0 Å². The standard InChI is InChI=1S/C17H19FN2O2S/c18-13-7-5-12(6-8-13)16(15-4-1-9-22-15)20-17(21)19-11-14-3-2-10-23-14/h2-3,5-8,10,15-16H,1,4,9,11H2,(H2,19,20,21). The third-order valence-electron chi connectivity index (χ3n) is 3.86. The van der Waals surface area contributed by atoms with E-state index >= 15 is 0 Å². The first-order valence-corrected chi connectivity index (χ1v) is 8.54. The lowest BCUT2D eigenvalue weighted by molar-refractivity contribution is 0.0807. The molecule has 1 aliphatic heterocycles. The van der Waals surface area contributed by atoms with Crippen molar-refractivity contribution in [1.82, 2.24) is 10.6 Å². The van der Waals surface area contributed by atoms with E-state index in [0.717, 1.165) is 23.3 Å². The van der Waals surface area contributed by atoms with Crippen molar-refractivity contribution in [1.29, 1.82) is 0 Å². The minimum absolute atomic E-state index is 0.0760. The van der Waals surface area contributed by atoms with Gasteiger partial charge in [0.1, 0.15) is 5.82 Å². The zero-order chi connectivity index (χ0) is 16.1. The maximum Gasteiger partial charge on any atom is 0.315 e. The second-order valence-electron chi connectivity index (χ2n) is 5.49. The Morgan fingerprint density at radius 1 is 1.35 bits per heavy atom. The molecule has 1 aliphatic rings. The molecule has 0 radical (unpaired) electrons. The molecule has 1 aromatic carbocycles. The summed E-state index contributed by atoms with van der Waals surface area (Å²) in [6, 6.07) is 9.60. The molecule has 0 saturated carbocycles. The molecular weight excluding hydrogens is 315 g/mol. The normalized spacial score (nSPS) is 18.6. The van der Waals surface area contributed by atoms with Gasteiger partial charge in [-0.3, -0.25) is 0 Å². The van der Waals surface area contributed by atoms with E-state index in [1.54, 1.807) is 23.5 Å². The summed E-state index contributed by atoms with van der Waals surface area (Å²) in [5.41, 5.74) is 0.851. The number of urea groups is 1. The highest BCUT2D eigenvalue weighted by atomic mass is 32.1. The van der Waals surface area contributed by atoms with Crippen LogP contribution in [-0.4, -0.2) is 18.7 Å². The lowest BCUT2D eigenvalue weighted by Gasteiger charge is -2.25. The van der Waals surface area contributed by atoms with E-state index in [4.69, 9.17) is 4.74 Å². The van der Waals surface area contributed by atoms with Crippen LogP contribution >= 0.6 is 11.3 Å². The Balaban J connectivity index is 1.65. The number of halogens is 1. The van der Waals surface area contributed by atoms with Crippen molar-refractivity contribution in [3.8, 4) is 0 Å². The summed E-state index contributed by atoms with van der Waals surface area (Å²) >= 11 is 1.60. The second kappa shape index (κ2) is 7.57.